The molecule has 118 valence electrons. The summed E-state index contributed by atoms with van der Waals surface area (Å²) in [6.45, 7) is 0. The Morgan fingerprint density at radius 1 is 1.13 bits per heavy atom. The van der Waals surface area contributed by atoms with Gasteiger partial charge in [0.25, 0.3) is 0 Å². The highest BCUT2D eigenvalue weighted by Crippen LogP contribution is 2.41. The predicted molar refractivity (Wildman–Crippen MR) is 83.9 cm³/mol. The number of fused-ring (bicyclic) bond motifs is 1. The van der Waals surface area contributed by atoms with Crippen molar-refractivity contribution in [3.05, 3.63) is 40.8 Å². The summed E-state index contributed by atoms with van der Waals surface area (Å²) in [5.41, 5.74) is 5.80. The molecule has 0 amide bonds. The van der Waals surface area contributed by atoms with Crippen LogP contribution in [0.15, 0.2) is 39.7 Å². The van der Waals surface area contributed by atoms with Gasteiger partial charge in [0, 0.05) is 6.07 Å². The maximum atomic E-state index is 12.7. The number of hydrogen-bond acceptors (Lipinski definition) is 7. The van der Waals surface area contributed by atoms with Gasteiger partial charge in [0.15, 0.2) is 11.5 Å². The Bertz CT molecular complexity index is 976. The minimum absolute atomic E-state index is 0.0151. The third-order valence-electron chi connectivity index (χ3n) is 3.52. The summed E-state index contributed by atoms with van der Waals surface area (Å²) >= 11 is 0. The number of rotatable bonds is 2. The van der Waals surface area contributed by atoms with Crippen LogP contribution < -0.4 is 15.9 Å². The van der Waals surface area contributed by atoms with Crippen molar-refractivity contribution in [1.29, 1.82) is 0 Å². The highest BCUT2D eigenvalue weighted by atomic mass is 16.5. The van der Waals surface area contributed by atoms with E-state index in [0.29, 0.717) is 5.56 Å². The molecule has 2 aromatic carbocycles. The minimum atomic E-state index is -0.521. The van der Waals surface area contributed by atoms with E-state index >= 15 is 0 Å². The maximum absolute atomic E-state index is 12.7. The number of phenols is 3. The fraction of sp³-hybridized carbons (Fsp3) is 0.0625. The van der Waals surface area contributed by atoms with Crippen molar-refractivity contribution < 1.29 is 24.5 Å². The van der Waals surface area contributed by atoms with Crippen molar-refractivity contribution in [3.63, 3.8) is 0 Å². The van der Waals surface area contributed by atoms with E-state index in [4.69, 9.17) is 14.9 Å². The van der Waals surface area contributed by atoms with Crippen molar-refractivity contribution in [1.82, 2.24) is 0 Å². The Kier molecular flexibility index (Phi) is 3.25. The van der Waals surface area contributed by atoms with Crippen LogP contribution >= 0.6 is 0 Å². The molecule has 0 unspecified atom stereocenters. The van der Waals surface area contributed by atoms with Crippen molar-refractivity contribution in [2.24, 2.45) is 0 Å². The molecular weight excluding hydrogens is 302 g/mol. The molecule has 0 spiro atoms. The molecule has 0 radical (unpaired) electrons. The van der Waals surface area contributed by atoms with Gasteiger partial charge in [-0.05, 0) is 17.7 Å². The Labute approximate surface area is 129 Å². The number of benzene rings is 2. The quantitative estimate of drug-likeness (QED) is 0.421. The first-order valence-corrected chi connectivity index (χ1v) is 6.57. The highest BCUT2D eigenvalue weighted by Gasteiger charge is 2.19. The van der Waals surface area contributed by atoms with Crippen LogP contribution in [-0.2, 0) is 0 Å². The van der Waals surface area contributed by atoms with Crippen molar-refractivity contribution in [2.75, 3.05) is 12.8 Å². The molecule has 7 nitrogen and oxygen atoms in total. The predicted octanol–water partition coefficient (Wildman–Crippen LogP) is 2.17. The van der Waals surface area contributed by atoms with Crippen LogP contribution in [0, 0.1) is 0 Å². The van der Waals surface area contributed by atoms with Crippen LogP contribution in [0.5, 0.6) is 23.0 Å². The fourth-order valence-corrected chi connectivity index (χ4v) is 2.36. The zero-order valence-corrected chi connectivity index (χ0v) is 12.0. The van der Waals surface area contributed by atoms with Gasteiger partial charge in [-0.25, -0.2) is 0 Å². The lowest BCUT2D eigenvalue weighted by molar-refractivity contribution is 0.346. The van der Waals surface area contributed by atoms with E-state index in [9.17, 15) is 20.1 Å². The average Bonchev–Trinajstić information content (AvgIpc) is 2.50. The molecule has 0 saturated heterocycles. The second kappa shape index (κ2) is 5.13. The van der Waals surface area contributed by atoms with E-state index in [1.54, 1.807) is 0 Å². The van der Waals surface area contributed by atoms with Gasteiger partial charge in [-0.2, -0.15) is 0 Å². The van der Waals surface area contributed by atoms with Crippen LogP contribution in [0.4, 0.5) is 5.69 Å². The molecule has 3 aromatic rings. The summed E-state index contributed by atoms with van der Waals surface area (Å²) in [5.74, 6) is -1.17. The largest absolute Gasteiger partial charge is 0.506 e. The molecule has 0 saturated carbocycles. The van der Waals surface area contributed by atoms with E-state index in [1.807, 2.05) is 0 Å². The zero-order valence-electron chi connectivity index (χ0n) is 12.0. The van der Waals surface area contributed by atoms with Gasteiger partial charge < -0.3 is 30.2 Å². The SMILES string of the molecule is COc1c(O)cc2occ(-c3ccc(O)c(N)c3)c(=O)c2c1O. The standard InChI is InChI=1S/C16H13NO6/c1-22-16-11(19)5-12-13(15(16)21)14(20)8(6-23-12)7-2-3-10(18)9(17)4-7/h2-6,18-19,21H,17H2,1H3. The monoisotopic (exact) mass is 315 g/mol. The van der Waals surface area contributed by atoms with Gasteiger partial charge in [0.05, 0.1) is 18.4 Å². The van der Waals surface area contributed by atoms with Crippen LogP contribution in [0.2, 0.25) is 0 Å². The van der Waals surface area contributed by atoms with Crippen molar-refractivity contribution >= 4 is 16.7 Å². The Morgan fingerprint density at radius 2 is 1.87 bits per heavy atom. The number of ether oxygens (including phenoxy) is 1. The van der Waals surface area contributed by atoms with E-state index in [1.165, 1.54) is 37.6 Å². The van der Waals surface area contributed by atoms with E-state index in [2.05, 4.69) is 0 Å². The average molecular weight is 315 g/mol. The summed E-state index contributed by atoms with van der Waals surface area (Å²) < 4.78 is 10.2. The topological polar surface area (TPSA) is 126 Å². The van der Waals surface area contributed by atoms with E-state index in [-0.39, 0.29) is 39.5 Å². The summed E-state index contributed by atoms with van der Waals surface area (Å²) in [7, 11) is 1.26. The second-order valence-corrected chi connectivity index (χ2v) is 4.90. The molecule has 3 rings (SSSR count). The Morgan fingerprint density at radius 3 is 2.52 bits per heavy atom. The molecule has 0 bridgehead atoms. The minimum Gasteiger partial charge on any atom is -0.506 e. The number of anilines is 1. The first-order valence-electron chi connectivity index (χ1n) is 6.57. The maximum Gasteiger partial charge on any atom is 0.204 e. The summed E-state index contributed by atoms with van der Waals surface area (Å²) in [5, 5.41) is 29.3. The van der Waals surface area contributed by atoms with Gasteiger partial charge in [-0.1, -0.05) is 6.07 Å². The molecule has 1 aromatic heterocycles. The Hall–Kier alpha value is -3.35. The molecule has 0 aliphatic carbocycles. The molecule has 1 heterocycles. The molecule has 0 atom stereocenters. The summed E-state index contributed by atoms with van der Waals surface area (Å²) in [6, 6.07) is 5.45. The van der Waals surface area contributed by atoms with Gasteiger partial charge in [0.1, 0.15) is 23.0 Å². The zero-order chi connectivity index (χ0) is 16.7. The third-order valence-corrected chi connectivity index (χ3v) is 3.52. The molecule has 7 heteroatoms. The van der Waals surface area contributed by atoms with E-state index < -0.39 is 11.2 Å². The van der Waals surface area contributed by atoms with Crippen LogP contribution in [0.3, 0.4) is 0 Å². The van der Waals surface area contributed by atoms with E-state index in [0.717, 1.165) is 0 Å². The molecule has 5 N–H and O–H groups in total. The normalized spacial score (nSPS) is 10.8. The van der Waals surface area contributed by atoms with Crippen LogP contribution in [-0.4, -0.2) is 22.4 Å². The molecule has 0 fully saturated rings. The Balaban J connectivity index is 2.34. The first-order chi connectivity index (χ1) is 10.9. The van der Waals surface area contributed by atoms with Gasteiger partial charge >= 0.3 is 0 Å². The molecule has 0 aliphatic heterocycles. The molecule has 0 aliphatic rings. The van der Waals surface area contributed by atoms with Gasteiger partial charge in [-0.3, -0.25) is 4.79 Å². The lowest BCUT2D eigenvalue weighted by atomic mass is 10.0. The smallest absolute Gasteiger partial charge is 0.204 e. The fourth-order valence-electron chi connectivity index (χ4n) is 2.36. The molecular formula is C16H13NO6. The number of aromatic hydroxyl groups is 3. The number of hydrogen-bond donors (Lipinski definition) is 4. The van der Waals surface area contributed by atoms with Crippen molar-refractivity contribution in [3.8, 4) is 34.1 Å². The number of nitrogens with two attached hydrogens (primary N) is 1. The number of methoxy groups -OCH3 is 1. The highest BCUT2D eigenvalue weighted by molar-refractivity contribution is 5.91. The van der Waals surface area contributed by atoms with Crippen molar-refractivity contribution in [2.45, 2.75) is 0 Å². The number of phenolic OH excluding ortho intramolecular Hbond substituents is 3. The first kappa shape index (κ1) is 14.6. The second-order valence-electron chi connectivity index (χ2n) is 4.90. The summed E-state index contributed by atoms with van der Waals surface area (Å²) in [4.78, 5) is 12.7. The van der Waals surface area contributed by atoms with Crippen LogP contribution in [0.1, 0.15) is 0 Å². The molecule has 23 heavy (non-hydrogen) atoms. The lowest BCUT2D eigenvalue weighted by Gasteiger charge is -2.09. The van der Waals surface area contributed by atoms with Gasteiger partial charge in [0.2, 0.25) is 11.2 Å². The van der Waals surface area contributed by atoms with Crippen LogP contribution in [0.25, 0.3) is 22.1 Å². The third kappa shape index (κ3) is 2.18. The van der Waals surface area contributed by atoms with Gasteiger partial charge in [-0.15, -0.1) is 0 Å². The summed E-state index contributed by atoms with van der Waals surface area (Å²) in [6.07, 6.45) is 1.20. The lowest BCUT2D eigenvalue weighted by Crippen LogP contribution is -2.06. The number of nitrogen functional groups attached to an aromatic ring is 1.